The smallest absolute Gasteiger partial charge is 0.272 e. The van der Waals surface area contributed by atoms with E-state index in [4.69, 9.17) is 14.2 Å². The van der Waals surface area contributed by atoms with Crippen molar-refractivity contribution in [3.05, 3.63) is 89.6 Å². The van der Waals surface area contributed by atoms with Gasteiger partial charge < -0.3 is 24.8 Å². The van der Waals surface area contributed by atoms with Gasteiger partial charge in [0.2, 0.25) is 6.79 Å². The predicted octanol–water partition coefficient (Wildman–Crippen LogP) is 3.83. The standard InChI is InChI=1S/C24H20N2O5/c1-29-20-10-6-5-9-18(20)23(27)26-19(24(28)25-17-7-3-2-4-8-17)13-16-11-12-21-22(14-16)31-15-30-21/h2-14H,15H2,1H3,(H,25,28)(H,26,27)/b19-13+. The molecule has 0 saturated carbocycles. The van der Waals surface area contributed by atoms with Crippen LogP contribution in [0, 0.1) is 0 Å². The summed E-state index contributed by atoms with van der Waals surface area (Å²) in [6, 6.07) is 21.1. The van der Waals surface area contributed by atoms with E-state index in [-0.39, 0.29) is 12.5 Å². The average molecular weight is 416 g/mol. The number of para-hydroxylation sites is 2. The molecule has 0 radical (unpaired) electrons. The second-order valence-electron chi connectivity index (χ2n) is 6.65. The quantitative estimate of drug-likeness (QED) is 0.597. The monoisotopic (exact) mass is 416 g/mol. The summed E-state index contributed by atoms with van der Waals surface area (Å²) in [4.78, 5) is 25.9. The van der Waals surface area contributed by atoms with Gasteiger partial charge in [-0.1, -0.05) is 36.4 Å². The Kier molecular flexibility index (Phi) is 5.84. The molecule has 156 valence electrons. The van der Waals surface area contributed by atoms with Crippen molar-refractivity contribution in [1.82, 2.24) is 5.32 Å². The van der Waals surface area contributed by atoms with Crippen LogP contribution in [0.2, 0.25) is 0 Å². The van der Waals surface area contributed by atoms with E-state index >= 15 is 0 Å². The highest BCUT2D eigenvalue weighted by Crippen LogP contribution is 2.33. The Morgan fingerprint density at radius 2 is 1.68 bits per heavy atom. The topological polar surface area (TPSA) is 85.9 Å². The van der Waals surface area contributed by atoms with Gasteiger partial charge in [-0.2, -0.15) is 0 Å². The first-order valence-corrected chi connectivity index (χ1v) is 9.56. The number of carbonyl (C=O) groups is 2. The molecular weight excluding hydrogens is 396 g/mol. The lowest BCUT2D eigenvalue weighted by Crippen LogP contribution is -2.31. The van der Waals surface area contributed by atoms with Gasteiger partial charge >= 0.3 is 0 Å². The number of hydrogen-bond donors (Lipinski definition) is 2. The van der Waals surface area contributed by atoms with Crippen molar-refractivity contribution in [2.45, 2.75) is 0 Å². The summed E-state index contributed by atoms with van der Waals surface area (Å²) in [5, 5.41) is 5.49. The number of amides is 2. The highest BCUT2D eigenvalue weighted by molar-refractivity contribution is 6.11. The van der Waals surface area contributed by atoms with Crippen molar-refractivity contribution in [3.63, 3.8) is 0 Å². The van der Waals surface area contributed by atoms with Gasteiger partial charge in [0.1, 0.15) is 11.4 Å². The van der Waals surface area contributed by atoms with E-state index in [0.717, 1.165) is 0 Å². The van der Waals surface area contributed by atoms with Crippen LogP contribution in [-0.4, -0.2) is 25.7 Å². The fourth-order valence-electron chi connectivity index (χ4n) is 3.07. The SMILES string of the molecule is COc1ccccc1C(=O)N/C(=C/c1ccc2c(c1)OCO2)C(=O)Nc1ccccc1. The number of nitrogens with one attached hydrogen (secondary N) is 2. The van der Waals surface area contributed by atoms with Crippen molar-refractivity contribution in [1.29, 1.82) is 0 Å². The summed E-state index contributed by atoms with van der Waals surface area (Å²) in [6.45, 7) is 0.147. The molecule has 0 atom stereocenters. The Morgan fingerprint density at radius 1 is 0.935 bits per heavy atom. The zero-order valence-electron chi connectivity index (χ0n) is 16.8. The molecule has 1 aliphatic rings. The van der Waals surface area contributed by atoms with Gasteiger partial charge in [0.25, 0.3) is 11.8 Å². The third-order valence-electron chi connectivity index (χ3n) is 4.58. The maximum Gasteiger partial charge on any atom is 0.272 e. The largest absolute Gasteiger partial charge is 0.496 e. The summed E-state index contributed by atoms with van der Waals surface area (Å²) in [6.07, 6.45) is 1.58. The lowest BCUT2D eigenvalue weighted by Gasteiger charge is -2.13. The maximum atomic E-state index is 13.0. The number of benzene rings is 3. The van der Waals surface area contributed by atoms with E-state index in [0.29, 0.717) is 34.1 Å². The van der Waals surface area contributed by atoms with Crippen LogP contribution in [0.15, 0.2) is 78.5 Å². The molecule has 7 heteroatoms. The molecule has 0 saturated heterocycles. The molecule has 1 heterocycles. The minimum absolute atomic E-state index is 0.0682. The number of carbonyl (C=O) groups excluding carboxylic acids is 2. The van der Waals surface area contributed by atoms with E-state index in [1.807, 2.05) is 18.2 Å². The Morgan fingerprint density at radius 3 is 2.48 bits per heavy atom. The van der Waals surface area contributed by atoms with Gasteiger partial charge in [0.05, 0.1) is 12.7 Å². The third kappa shape index (κ3) is 4.67. The molecule has 0 aromatic heterocycles. The van der Waals surface area contributed by atoms with Gasteiger partial charge in [-0.05, 0) is 48.0 Å². The Bertz CT molecular complexity index is 1140. The van der Waals surface area contributed by atoms with Crippen molar-refractivity contribution < 1.29 is 23.8 Å². The highest BCUT2D eigenvalue weighted by atomic mass is 16.7. The molecule has 3 aromatic carbocycles. The summed E-state index contributed by atoms with van der Waals surface area (Å²) in [5.41, 5.74) is 1.66. The molecule has 31 heavy (non-hydrogen) atoms. The molecular formula is C24H20N2O5. The van der Waals surface area contributed by atoms with E-state index in [1.54, 1.807) is 60.7 Å². The minimum Gasteiger partial charge on any atom is -0.496 e. The van der Waals surface area contributed by atoms with E-state index in [2.05, 4.69) is 10.6 Å². The number of fused-ring (bicyclic) bond motifs is 1. The van der Waals surface area contributed by atoms with Gasteiger partial charge in [0, 0.05) is 5.69 Å². The first-order chi connectivity index (χ1) is 15.1. The molecule has 7 nitrogen and oxygen atoms in total. The fourth-order valence-corrected chi connectivity index (χ4v) is 3.07. The molecule has 3 aromatic rings. The van der Waals surface area contributed by atoms with Crippen molar-refractivity contribution in [2.24, 2.45) is 0 Å². The summed E-state index contributed by atoms with van der Waals surface area (Å²) < 4.78 is 16.0. The Hall–Kier alpha value is -4.26. The maximum absolute atomic E-state index is 13.0. The minimum atomic E-state index is -0.466. The van der Waals surface area contributed by atoms with Crippen LogP contribution in [0.5, 0.6) is 17.2 Å². The average Bonchev–Trinajstić information content (AvgIpc) is 3.27. The molecule has 4 rings (SSSR count). The molecule has 0 aliphatic carbocycles. The molecule has 1 aliphatic heterocycles. The first kappa shape index (κ1) is 20.0. The van der Waals surface area contributed by atoms with Crippen LogP contribution < -0.4 is 24.8 Å². The van der Waals surface area contributed by atoms with E-state index < -0.39 is 11.8 Å². The van der Waals surface area contributed by atoms with Crippen molar-refractivity contribution in [2.75, 3.05) is 19.2 Å². The zero-order valence-corrected chi connectivity index (χ0v) is 16.8. The molecule has 2 N–H and O–H groups in total. The number of rotatable bonds is 6. The van der Waals surface area contributed by atoms with Gasteiger partial charge in [-0.25, -0.2) is 0 Å². The third-order valence-corrected chi connectivity index (χ3v) is 4.58. The van der Waals surface area contributed by atoms with Crippen LogP contribution >= 0.6 is 0 Å². The van der Waals surface area contributed by atoms with Gasteiger partial charge in [-0.15, -0.1) is 0 Å². The fraction of sp³-hybridized carbons (Fsp3) is 0.0833. The van der Waals surface area contributed by atoms with E-state index in [9.17, 15) is 9.59 Å². The van der Waals surface area contributed by atoms with Crippen LogP contribution in [0.3, 0.4) is 0 Å². The Labute approximate surface area is 179 Å². The number of hydrogen-bond acceptors (Lipinski definition) is 5. The first-order valence-electron chi connectivity index (χ1n) is 9.56. The number of methoxy groups -OCH3 is 1. The Balaban J connectivity index is 1.65. The lowest BCUT2D eigenvalue weighted by atomic mass is 10.1. The molecule has 0 bridgehead atoms. The summed E-state index contributed by atoms with van der Waals surface area (Å²) >= 11 is 0. The molecule has 0 unspecified atom stereocenters. The van der Waals surface area contributed by atoms with Gasteiger partial charge in [0.15, 0.2) is 11.5 Å². The molecule has 0 fully saturated rings. The predicted molar refractivity (Wildman–Crippen MR) is 116 cm³/mol. The molecule has 0 spiro atoms. The second kappa shape index (κ2) is 9.04. The van der Waals surface area contributed by atoms with Crippen LogP contribution in [0.4, 0.5) is 5.69 Å². The normalized spacial score (nSPS) is 12.2. The summed E-state index contributed by atoms with van der Waals surface area (Å²) in [7, 11) is 1.48. The highest BCUT2D eigenvalue weighted by Gasteiger charge is 2.19. The number of anilines is 1. The zero-order chi connectivity index (χ0) is 21.6. The van der Waals surface area contributed by atoms with Crippen LogP contribution in [-0.2, 0) is 4.79 Å². The molecule has 2 amide bonds. The summed E-state index contributed by atoms with van der Waals surface area (Å²) in [5.74, 6) is 0.684. The second-order valence-corrected chi connectivity index (χ2v) is 6.65. The van der Waals surface area contributed by atoms with Crippen molar-refractivity contribution in [3.8, 4) is 17.2 Å². The number of ether oxygens (including phenoxy) is 3. The van der Waals surface area contributed by atoms with Gasteiger partial charge in [-0.3, -0.25) is 9.59 Å². The van der Waals surface area contributed by atoms with Crippen LogP contribution in [0.1, 0.15) is 15.9 Å². The van der Waals surface area contributed by atoms with Crippen molar-refractivity contribution >= 4 is 23.6 Å². The lowest BCUT2D eigenvalue weighted by molar-refractivity contribution is -0.113. The van der Waals surface area contributed by atoms with Crippen LogP contribution in [0.25, 0.3) is 6.08 Å². The van der Waals surface area contributed by atoms with E-state index in [1.165, 1.54) is 7.11 Å².